The van der Waals surface area contributed by atoms with Gasteiger partial charge in [-0.05, 0) is 12.1 Å². The van der Waals surface area contributed by atoms with Crippen LogP contribution in [0.25, 0.3) is 0 Å². The highest BCUT2D eigenvalue weighted by Crippen LogP contribution is 2.28. The molecule has 2 atom stereocenters. The van der Waals surface area contributed by atoms with Crippen LogP contribution >= 0.6 is 0 Å². The summed E-state index contributed by atoms with van der Waals surface area (Å²) in [5.74, 6) is -0.419. The Balaban J connectivity index is 0.00000110. The summed E-state index contributed by atoms with van der Waals surface area (Å²) in [6.45, 7) is 2.00. The van der Waals surface area contributed by atoms with Crippen LogP contribution in [0.4, 0.5) is 5.69 Å². The number of carbonyl (C=O) groups is 1. The molecule has 21 heavy (non-hydrogen) atoms. The van der Waals surface area contributed by atoms with E-state index in [9.17, 15) is 4.79 Å². The molecule has 0 saturated carbocycles. The summed E-state index contributed by atoms with van der Waals surface area (Å²) in [6.07, 6.45) is 6.78. The van der Waals surface area contributed by atoms with Crippen molar-refractivity contribution in [2.75, 3.05) is 13.1 Å². The lowest BCUT2D eigenvalue weighted by Gasteiger charge is -2.10. The summed E-state index contributed by atoms with van der Waals surface area (Å²) in [5.41, 5.74) is 2.75. The Labute approximate surface area is 135 Å². The van der Waals surface area contributed by atoms with Crippen LogP contribution < -0.4 is 35.0 Å². The zero-order valence-electron chi connectivity index (χ0n) is 11.3. The monoisotopic (exact) mass is 329 g/mol. The maximum atomic E-state index is 11.0. The zero-order valence-corrected chi connectivity index (χ0v) is 12.8. The third kappa shape index (κ3) is 3.83. The molecule has 2 unspecified atom stereocenters. The molecule has 5 nitrogen and oxygen atoms in total. The molecule has 3 rings (SSSR count). The SMILES string of the molecule is O=C(O)c1ccc2c(c1)C(CC[NH+]1C=CN=C1)C[NH2+]2.[Cl-].[Cl-]. The van der Waals surface area contributed by atoms with E-state index < -0.39 is 5.97 Å². The molecule has 7 heteroatoms. The number of nitrogens with two attached hydrogens (primary N) is 1. The van der Waals surface area contributed by atoms with Crippen molar-refractivity contribution in [3.63, 3.8) is 0 Å². The highest BCUT2D eigenvalue weighted by molar-refractivity contribution is 5.88. The minimum absolute atomic E-state index is 0. The fourth-order valence-corrected chi connectivity index (χ4v) is 2.73. The molecular formula is C14H17Cl2N3O2. The third-order valence-corrected chi connectivity index (χ3v) is 3.79. The van der Waals surface area contributed by atoms with E-state index in [0.717, 1.165) is 19.5 Å². The molecule has 1 aromatic carbocycles. The van der Waals surface area contributed by atoms with Crippen LogP contribution in [0.5, 0.6) is 0 Å². The molecule has 0 aliphatic carbocycles. The van der Waals surface area contributed by atoms with Gasteiger partial charge in [0.05, 0.1) is 24.9 Å². The number of aliphatic imine (C=N–C) groups is 1. The first kappa shape index (κ1) is 17.7. The molecule has 114 valence electrons. The van der Waals surface area contributed by atoms with Gasteiger partial charge in [-0.2, -0.15) is 0 Å². The van der Waals surface area contributed by atoms with E-state index in [2.05, 4.69) is 10.3 Å². The molecule has 2 aliphatic rings. The third-order valence-electron chi connectivity index (χ3n) is 3.79. The predicted octanol–water partition coefficient (Wildman–Crippen LogP) is -6.53. The maximum absolute atomic E-state index is 11.0. The Morgan fingerprint density at radius 3 is 2.90 bits per heavy atom. The Bertz CT molecular complexity index is 563. The lowest BCUT2D eigenvalue weighted by atomic mass is 9.96. The molecule has 1 aromatic rings. The van der Waals surface area contributed by atoms with Gasteiger partial charge in [-0.25, -0.2) is 9.79 Å². The van der Waals surface area contributed by atoms with Crippen molar-refractivity contribution in [2.45, 2.75) is 12.3 Å². The number of hydrogen-bond donors (Lipinski definition) is 3. The fourth-order valence-electron chi connectivity index (χ4n) is 2.73. The Morgan fingerprint density at radius 1 is 1.43 bits per heavy atom. The molecule has 0 saturated heterocycles. The second kappa shape index (κ2) is 7.56. The van der Waals surface area contributed by atoms with Crippen molar-refractivity contribution >= 4 is 18.0 Å². The van der Waals surface area contributed by atoms with Crippen molar-refractivity contribution in [1.29, 1.82) is 0 Å². The van der Waals surface area contributed by atoms with E-state index in [1.807, 2.05) is 30.9 Å². The van der Waals surface area contributed by atoms with Gasteiger partial charge in [-0.1, -0.05) is 0 Å². The summed E-state index contributed by atoms with van der Waals surface area (Å²) in [5, 5.41) is 11.3. The van der Waals surface area contributed by atoms with Crippen LogP contribution in [0.3, 0.4) is 0 Å². The molecule has 0 amide bonds. The van der Waals surface area contributed by atoms with E-state index in [4.69, 9.17) is 5.11 Å². The number of quaternary nitrogens is 2. The van der Waals surface area contributed by atoms with Crippen molar-refractivity contribution < 1.29 is 44.9 Å². The Kier molecular flexibility index (Phi) is 6.36. The van der Waals surface area contributed by atoms with Crippen molar-refractivity contribution in [2.24, 2.45) is 4.99 Å². The maximum Gasteiger partial charge on any atom is 0.335 e. The molecule has 2 heterocycles. The van der Waals surface area contributed by atoms with Crippen LogP contribution in [0, 0.1) is 0 Å². The van der Waals surface area contributed by atoms with Crippen molar-refractivity contribution in [3.8, 4) is 0 Å². The van der Waals surface area contributed by atoms with E-state index in [1.54, 1.807) is 6.07 Å². The van der Waals surface area contributed by atoms with E-state index in [1.165, 1.54) is 16.2 Å². The Morgan fingerprint density at radius 2 is 2.24 bits per heavy atom. The summed E-state index contributed by atoms with van der Waals surface area (Å²) < 4.78 is 0. The van der Waals surface area contributed by atoms with E-state index in [-0.39, 0.29) is 24.8 Å². The Hall–Kier alpha value is -1.40. The van der Waals surface area contributed by atoms with Gasteiger partial charge in [0, 0.05) is 24.0 Å². The molecule has 0 fully saturated rings. The second-order valence-electron chi connectivity index (χ2n) is 4.99. The van der Waals surface area contributed by atoms with Crippen molar-refractivity contribution in [3.05, 3.63) is 41.7 Å². The summed E-state index contributed by atoms with van der Waals surface area (Å²) in [6, 6.07) is 5.43. The topological polar surface area (TPSA) is 70.7 Å². The van der Waals surface area contributed by atoms with Gasteiger partial charge in [0.25, 0.3) is 0 Å². The lowest BCUT2D eigenvalue weighted by Crippen LogP contribution is -3.05. The summed E-state index contributed by atoms with van der Waals surface area (Å²) in [4.78, 5) is 16.3. The number of rotatable bonds is 4. The van der Waals surface area contributed by atoms with E-state index >= 15 is 0 Å². The van der Waals surface area contributed by atoms with Crippen LogP contribution in [0.2, 0.25) is 0 Å². The number of benzene rings is 1. The number of nitrogens with zero attached hydrogens (tertiary/aromatic N) is 1. The normalized spacial score (nSPS) is 21.5. The van der Waals surface area contributed by atoms with Gasteiger partial charge in [0.2, 0.25) is 0 Å². The van der Waals surface area contributed by atoms with Gasteiger partial charge < -0.3 is 35.2 Å². The van der Waals surface area contributed by atoms with Crippen LogP contribution in [-0.2, 0) is 0 Å². The van der Waals surface area contributed by atoms with Crippen LogP contribution in [0.1, 0.15) is 28.3 Å². The molecule has 0 aromatic heterocycles. The number of carboxylic acids is 1. The summed E-state index contributed by atoms with van der Waals surface area (Å²) in [7, 11) is 0. The van der Waals surface area contributed by atoms with Gasteiger partial charge in [-0.15, -0.1) is 0 Å². The smallest absolute Gasteiger partial charge is 0.335 e. The average molecular weight is 330 g/mol. The highest BCUT2D eigenvalue weighted by Gasteiger charge is 2.28. The van der Waals surface area contributed by atoms with Gasteiger partial charge in [-0.3, -0.25) is 4.90 Å². The van der Waals surface area contributed by atoms with Crippen LogP contribution in [-0.4, -0.2) is 30.5 Å². The minimum Gasteiger partial charge on any atom is -1.00 e. The number of hydrogen-bond acceptors (Lipinski definition) is 2. The molecule has 2 aliphatic heterocycles. The first-order valence-electron chi connectivity index (χ1n) is 6.50. The van der Waals surface area contributed by atoms with Crippen LogP contribution in [0.15, 0.2) is 35.6 Å². The van der Waals surface area contributed by atoms with Gasteiger partial charge in [0.1, 0.15) is 11.9 Å². The zero-order chi connectivity index (χ0) is 13.2. The second-order valence-corrected chi connectivity index (χ2v) is 4.99. The molecule has 0 radical (unpaired) electrons. The number of carboxylic acid groups (broad SMARTS) is 1. The molecular weight excluding hydrogens is 313 g/mol. The van der Waals surface area contributed by atoms with Gasteiger partial charge in [0.15, 0.2) is 6.34 Å². The fraction of sp³-hybridized carbons (Fsp3) is 0.286. The summed E-state index contributed by atoms with van der Waals surface area (Å²) >= 11 is 0. The first-order valence-corrected chi connectivity index (χ1v) is 6.50. The standard InChI is InChI=1S/C14H15N3O2.2ClH/c18-14(19)10-1-2-13-12(7-10)11(8-16-13)3-5-17-6-4-15-9-17;;/h1-2,4,6-7,9,11,16H,3,5,8H2,(H,18,19);2*1H. The lowest BCUT2D eigenvalue weighted by molar-refractivity contribution is -0.737. The number of fused-ring (bicyclic) bond motifs is 1. The van der Waals surface area contributed by atoms with Crippen molar-refractivity contribution in [1.82, 2.24) is 0 Å². The molecule has 0 bridgehead atoms. The minimum atomic E-state index is -0.853. The number of aromatic carboxylic acids is 1. The number of halogens is 2. The van der Waals surface area contributed by atoms with Gasteiger partial charge >= 0.3 is 5.97 Å². The van der Waals surface area contributed by atoms with E-state index in [0.29, 0.717) is 11.5 Å². The average Bonchev–Trinajstić information content (AvgIpc) is 3.05. The quantitative estimate of drug-likeness (QED) is 0.481. The first-order chi connectivity index (χ1) is 9.24. The molecule has 0 spiro atoms. The molecule has 4 N–H and O–H groups in total. The predicted molar refractivity (Wildman–Crippen MR) is 70.7 cm³/mol. The highest BCUT2D eigenvalue weighted by atomic mass is 35.5. The number of nitrogens with one attached hydrogen (secondary N) is 1. The largest absolute Gasteiger partial charge is 1.00 e.